The van der Waals surface area contributed by atoms with Crippen LogP contribution in [0.1, 0.15) is 32.0 Å². The van der Waals surface area contributed by atoms with Gasteiger partial charge in [-0.1, -0.05) is 42.5 Å². The Kier molecular flexibility index (Phi) is 5.85. The van der Waals surface area contributed by atoms with Gasteiger partial charge in [0.1, 0.15) is 18.0 Å². The van der Waals surface area contributed by atoms with E-state index < -0.39 is 17.6 Å². The number of hydrogen-bond acceptors (Lipinski definition) is 5. The summed E-state index contributed by atoms with van der Waals surface area (Å²) < 4.78 is 26.2. The quantitative estimate of drug-likeness (QED) is 0.606. The highest BCUT2D eigenvalue weighted by Gasteiger charge is 2.40. The Bertz CT molecular complexity index is 1290. The van der Waals surface area contributed by atoms with Gasteiger partial charge in [0.15, 0.2) is 17.7 Å². The van der Waals surface area contributed by atoms with E-state index in [0.29, 0.717) is 18.7 Å². The number of aromatic nitrogens is 1. The molecule has 174 valence electrons. The average molecular weight is 463 g/mol. The monoisotopic (exact) mass is 463 g/mol. The maximum atomic E-state index is 13.3. The summed E-state index contributed by atoms with van der Waals surface area (Å²) in [4.78, 5) is 41.0. The van der Waals surface area contributed by atoms with Crippen LogP contribution in [0.3, 0.4) is 0 Å². The number of nitrogens with zero attached hydrogens (tertiary/aromatic N) is 2. The van der Waals surface area contributed by atoms with Crippen molar-refractivity contribution in [1.82, 2.24) is 14.8 Å². The second-order valence-corrected chi connectivity index (χ2v) is 8.11. The van der Waals surface area contributed by atoms with Crippen LogP contribution in [0.5, 0.6) is 5.75 Å². The fourth-order valence-electron chi connectivity index (χ4n) is 4.12. The molecule has 2 aromatic carbocycles. The highest BCUT2D eigenvalue weighted by Crippen LogP contribution is 2.27. The summed E-state index contributed by atoms with van der Waals surface area (Å²) in [6.07, 6.45) is 0.920. The number of nitrogens with one attached hydrogen (secondary N) is 1. The van der Waals surface area contributed by atoms with Crippen molar-refractivity contribution in [2.45, 2.75) is 25.9 Å². The molecule has 0 aliphatic carbocycles. The summed E-state index contributed by atoms with van der Waals surface area (Å²) >= 11 is 0. The van der Waals surface area contributed by atoms with Gasteiger partial charge in [-0.25, -0.2) is 4.39 Å². The zero-order chi connectivity index (χ0) is 23.7. The normalized spacial score (nSPS) is 16.7. The molecule has 1 N–H and O–H groups in total. The van der Waals surface area contributed by atoms with Crippen LogP contribution in [0.25, 0.3) is 0 Å². The Morgan fingerprint density at radius 1 is 1.09 bits per heavy atom. The maximum absolute atomic E-state index is 13.3. The largest absolute Gasteiger partial charge is 0.483 e. The lowest BCUT2D eigenvalue weighted by atomic mass is 10.1. The summed E-state index contributed by atoms with van der Waals surface area (Å²) in [7, 11) is 0. The zero-order valence-corrected chi connectivity index (χ0v) is 18.2. The van der Waals surface area contributed by atoms with Crippen LogP contribution in [-0.4, -0.2) is 40.7 Å². The standard InChI is InChI=1S/C25H22FN3O5/c26-18-8-6-16(7-9-18)12-27-24(31)19-13-28-14-20-29(10-11-33-20)25(32)21(28)23(22(19)30)34-15-17-4-2-1-3-5-17/h1-9,13,20H,10-12,14-15H2,(H,27,31)/t20-/m1/s1. The van der Waals surface area contributed by atoms with Crippen molar-refractivity contribution >= 4 is 11.8 Å². The number of pyridine rings is 1. The molecule has 3 heterocycles. The van der Waals surface area contributed by atoms with E-state index in [2.05, 4.69) is 5.32 Å². The van der Waals surface area contributed by atoms with E-state index in [-0.39, 0.29) is 48.4 Å². The van der Waals surface area contributed by atoms with Crippen molar-refractivity contribution in [2.75, 3.05) is 13.2 Å². The SMILES string of the molecule is O=C(NCc1ccc(F)cc1)c1cn2c(c(OCc3ccccc3)c1=O)C(=O)N1CCO[C@@H]1C2. The van der Waals surface area contributed by atoms with E-state index in [1.165, 1.54) is 18.3 Å². The van der Waals surface area contributed by atoms with E-state index in [9.17, 15) is 18.8 Å². The number of hydrogen-bond donors (Lipinski definition) is 1. The minimum absolute atomic E-state index is 0.0664. The van der Waals surface area contributed by atoms with Crippen LogP contribution in [0.15, 0.2) is 65.6 Å². The van der Waals surface area contributed by atoms with Gasteiger partial charge in [-0.05, 0) is 23.3 Å². The first kappa shape index (κ1) is 21.8. The minimum Gasteiger partial charge on any atom is -0.483 e. The molecule has 8 nitrogen and oxygen atoms in total. The third kappa shape index (κ3) is 4.17. The number of carbonyl (C=O) groups is 2. The molecular formula is C25H22FN3O5. The van der Waals surface area contributed by atoms with Gasteiger partial charge in [-0.2, -0.15) is 0 Å². The van der Waals surface area contributed by atoms with Gasteiger partial charge in [0.25, 0.3) is 11.8 Å². The first-order valence-corrected chi connectivity index (χ1v) is 10.9. The number of fused-ring (bicyclic) bond motifs is 2. The van der Waals surface area contributed by atoms with Crippen molar-refractivity contribution in [2.24, 2.45) is 0 Å². The Morgan fingerprint density at radius 3 is 2.62 bits per heavy atom. The van der Waals surface area contributed by atoms with Crippen molar-refractivity contribution in [1.29, 1.82) is 0 Å². The minimum atomic E-state index is -0.661. The molecule has 0 saturated carbocycles. The molecule has 1 fully saturated rings. The summed E-state index contributed by atoms with van der Waals surface area (Å²) in [5.41, 5.74) is 0.799. The molecule has 1 saturated heterocycles. The molecule has 2 amide bonds. The van der Waals surface area contributed by atoms with Crippen LogP contribution >= 0.6 is 0 Å². The van der Waals surface area contributed by atoms with Gasteiger partial charge < -0.3 is 24.3 Å². The molecule has 2 aliphatic heterocycles. The Hall–Kier alpha value is -3.98. The van der Waals surface area contributed by atoms with Crippen molar-refractivity contribution in [3.05, 3.63) is 99.2 Å². The van der Waals surface area contributed by atoms with Gasteiger partial charge in [0, 0.05) is 19.3 Å². The van der Waals surface area contributed by atoms with Crippen LogP contribution in [-0.2, 0) is 24.4 Å². The molecule has 2 aliphatic rings. The number of halogens is 1. The third-order valence-electron chi connectivity index (χ3n) is 5.88. The molecule has 0 radical (unpaired) electrons. The molecule has 0 spiro atoms. The number of carbonyl (C=O) groups excluding carboxylic acids is 2. The lowest BCUT2D eigenvalue weighted by molar-refractivity contribution is 0.00824. The van der Waals surface area contributed by atoms with Crippen molar-refractivity contribution < 1.29 is 23.5 Å². The summed E-state index contributed by atoms with van der Waals surface area (Å²) in [5.74, 6) is -1.52. The smallest absolute Gasteiger partial charge is 0.276 e. The zero-order valence-electron chi connectivity index (χ0n) is 18.2. The number of benzene rings is 2. The van der Waals surface area contributed by atoms with Crippen LogP contribution < -0.4 is 15.5 Å². The molecule has 34 heavy (non-hydrogen) atoms. The second-order valence-electron chi connectivity index (χ2n) is 8.11. The maximum Gasteiger partial charge on any atom is 0.276 e. The topological polar surface area (TPSA) is 89.9 Å². The molecule has 0 bridgehead atoms. The molecule has 3 aromatic rings. The van der Waals surface area contributed by atoms with Crippen LogP contribution in [0, 0.1) is 5.82 Å². The van der Waals surface area contributed by atoms with Crippen molar-refractivity contribution in [3.8, 4) is 5.75 Å². The van der Waals surface area contributed by atoms with E-state index >= 15 is 0 Å². The molecule has 1 aromatic heterocycles. The Morgan fingerprint density at radius 2 is 1.85 bits per heavy atom. The second kappa shape index (κ2) is 9.11. The van der Waals surface area contributed by atoms with Crippen LogP contribution in [0.4, 0.5) is 4.39 Å². The Balaban J connectivity index is 1.48. The highest BCUT2D eigenvalue weighted by molar-refractivity contribution is 5.99. The van der Waals surface area contributed by atoms with Gasteiger partial charge >= 0.3 is 0 Å². The van der Waals surface area contributed by atoms with Crippen molar-refractivity contribution in [3.63, 3.8) is 0 Å². The summed E-state index contributed by atoms with van der Waals surface area (Å²) in [5, 5.41) is 2.68. The highest BCUT2D eigenvalue weighted by atomic mass is 19.1. The molecule has 0 unspecified atom stereocenters. The van der Waals surface area contributed by atoms with Gasteiger partial charge in [-0.15, -0.1) is 0 Å². The molecule has 9 heteroatoms. The first-order valence-electron chi connectivity index (χ1n) is 10.9. The van der Waals surface area contributed by atoms with E-state index in [1.54, 1.807) is 21.6 Å². The number of ether oxygens (including phenoxy) is 2. The predicted octanol–water partition coefficient (Wildman–Crippen LogP) is 2.31. The number of rotatable bonds is 6. The van der Waals surface area contributed by atoms with Crippen LogP contribution in [0.2, 0.25) is 0 Å². The molecule has 5 rings (SSSR count). The number of amides is 2. The predicted molar refractivity (Wildman–Crippen MR) is 120 cm³/mol. The van der Waals surface area contributed by atoms with E-state index in [0.717, 1.165) is 5.56 Å². The third-order valence-corrected chi connectivity index (χ3v) is 5.88. The fourth-order valence-corrected chi connectivity index (χ4v) is 4.12. The Labute approximate surface area is 194 Å². The van der Waals surface area contributed by atoms with E-state index in [1.807, 2.05) is 30.3 Å². The molecule has 1 atom stereocenters. The van der Waals surface area contributed by atoms with E-state index in [4.69, 9.17) is 9.47 Å². The summed E-state index contributed by atoms with van der Waals surface area (Å²) in [6.45, 7) is 1.29. The lowest BCUT2D eigenvalue weighted by Gasteiger charge is -2.32. The summed E-state index contributed by atoms with van der Waals surface area (Å²) in [6, 6.07) is 14.9. The van der Waals surface area contributed by atoms with Gasteiger partial charge in [0.2, 0.25) is 5.43 Å². The van der Waals surface area contributed by atoms with Gasteiger partial charge in [0.05, 0.1) is 13.2 Å². The fraction of sp³-hybridized carbons (Fsp3) is 0.240. The first-order chi connectivity index (χ1) is 16.5. The lowest BCUT2D eigenvalue weighted by Crippen LogP contribution is -2.46. The average Bonchev–Trinajstić information content (AvgIpc) is 3.32. The van der Waals surface area contributed by atoms with Gasteiger partial charge in [-0.3, -0.25) is 14.4 Å². The molecular weight excluding hydrogens is 441 g/mol.